The monoisotopic (exact) mass is 404 g/mol. The highest BCUT2D eigenvalue weighted by Crippen LogP contribution is 2.23. The molecular formula is C19H19F3N6O. The standard InChI is InChI=1S/C19H19F3N6O/c20-19(21,22)29-16-4-2-15(3-5-16)14-26-10-12-27(13-11-26)17-6-7-18(25-24-17)28-9-1-8-23-28/h1-9H,10-14H2. The van der Waals surface area contributed by atoms with Gasteiger partial charge >= 0.3 is 6.36 Å². The molecule has 1 aromatic carbocycles. The Kier molecular flexibility index (Phi) is 5.34. The maximum absolute atomic E-state index is 12.2. The fourth-order valence-corrected chi connectivity index (χ4v) is 3.20. The minimum Gasteiger partial charge on any atom is -0.406 e. The van der Waals surface area contributed by atoms with Crippen molar-refractivity contribution in [3.8, 4) is 11.6 Å². The average molecular weight is 404 g/mol. The maximum atomic E-state index is 12.2. The molecule has 10 heteroatoms. The van der Waals surface area contributed by atoms with Crippen molar-refractivity contribution in [2.75, 3.05) is 31.1 Å². The summed E-state index contributed by atoms with van der Waals surface area (Å²) < 4.78 is 42.3. The summed E-state index contributed by atoms with van der Waals surface area (Å²) in [5.41, 5.74) is 0.941. The molecule has 4 rings (SSSR count). The van der Waals surface area contributed by atoms with Crippen LogP contribution in [-0.4, -0.2) is 57.4 Å². The van der Waals surface area contributed by atoms with E-state index in [9.17, 15) is 13.2 Å². The number of halogens is 3. The van der Waals surface area contributed by atoms with Gasteiger partial charge in [-0.05, 0) is 35.9 Å². The molecule has 2 aromatic heterocycles. The first kappa shape index (κ1) is 19.2. The molecule has 3 aromatic rings. The van der Waals surface area contributed by atoms with Gasteiger partial charge < -0.3 is 9.64 Å². The van der Waals surface area contributed by atoms with E-state index in [1.165, 1.54) is 12.1 Å². The van der Waals surface area contributed by atoms with Crippen molar-refractivity contribution in [3.63, 3.8) is 0 Å². The summed E-state index contributed by atoms with van der Waals surface area (Å²) in [5.74, 6) is 1.27. The van der Waals surface area contributed by atoms with Crippen LogP contribution in [0.2, 0.25) is 0 Å². The molecule has 0 saturated carbocycles. The largest absolute Gasteiger partial charge is 0.573 e. The predicted octanol–water partition coefficient (Wildman–Crippen LogP) is 2.88. The van der Waals surface area contributed by atoms with Gasteiger partial charge in [-0.1, -0.05) is 12.1 Å². The molecule has 0 spiro atoms. The summed E-state index contributed by atoms with van der Waals surface area (Å²) in [5, 5.41) is 12.6. The van der Waals surface area contributed by atoms with E-state index < -0.39 is 6.36 Å². The Balaban J connectivity index is 1.29. The topological polar surface area (TPSA) is 59.3 Å². The lowest BCUT2D eigenvalue weighted by atomic mass is 10.2. The number of hydrogen-bond donors (Lipinski definition) is 0. The first-order valence-electron chi connectivity index (χ1n) is 9.12. The summed E-state index contributed by atoms with van der Waals surface area (Å²) in [6.45, 7) is 3.91. The van der Waals surface area contributed by atoms with Crippen LogP contribution in [-0.2, 0) is 6.54 Å². The second-order valence-electron chi connectivity index (χ2n) is 6.66. The zero-order chi connectivity index (χ0) is 20.3. The van der Waals surface area contributed by atoms with E-state index in [0.29, 0.717) is 12.4 Å². The first-order valence-corrected chi connectivity index (χ1v) is 9.12. The van der Waals surface area contributed by atoms with Crippen LogP contribution in [0.5, 0.6) is 5.75 Å². The van der Waals surface area contributed by atoms with Crippen molar-refractivity contribution >= 4 is 5.82 Å². The van der Waals surface area contributed by atoms with E-state index in [-0.39, 0.29) is 5.75 Å². The highest BCUT2D eigenvalue weighted by atomic mass is 19.4. The fraction of sp³-hybridized carbons (Fsp3) is 0.316. The van der Waals surface area contributed by atoms with Gasteiger partial charge in [0.25, 0.3) is 0 Å². The van der Waals surface area contributed by atoms with Gasteiger partial charge in [-0.25, -0.2) is 4.68 Å². The number of ether oxygens (including phenoxy) is 1. The van der Waals surface area contributed by atoms with Crippen LogP contribution in [0.4, 0.5) is 19.0 Å². The van der Waals surface area contributed by atoms with Gasteiger partial charge in [-0.3, -0.25) is 4.90 Å². The zero-order valence-electron chi connectivity index (χ0n) is 15.5. The molecule has 1 aliphatic heterocycles. The molecule has 0 bridgehead atoms. The normalized spacial score (nSPS) is 15.5. The van der Waals surface area contributed by atoms with Crippen molar-refractivity contribution in [3.05, 3.63) is 60.4 Å². The van der Waals surface area contributed by atoms with Crippen molar-refractivity contribution in [2.24, 2.45) is 0 Å². The smallest absolute Gasteiger partial charge is 0.406 e. The van der Waals surface area contributed by atoms with Crippen LogP contribution in [0.15, 0.2) is 54.9 Å². The van der Waals surface area contributed by atoms with Crippen LogP contribution < -0.4 is 9.64 Å². The first-order chi connectivity index (χ1) is 14.0. The Labute approximate surface area is 165 Å². The quantitative estimate of drug-likeness (QED) is 0.652. The molecule has 0 amide bonds. The predicted molar refractivity (Wildman–Crippen MR) is 99.8 cm³/mol. The molecule has 0 N–H and O–H groups in total. The van der Waals surface area contributed by atoms with Crippen LogP contribution in [0, 0.1) is 0 Å². The van der Waals surface area contributed by atoms with Gasteiger partial charge in [-0.2, -0.15) is 5.10 Å². The van der Waals surface area contributed by atoms with Crippen molar-refractivity contribution in [1.82, 2.24) is 24.9 Å². The molecule has 1 fully saturated rings. The minimum absolute atomic E-state index is 0.205. The Hall–Kier alpha value is -3.14. The van der Waals surface area contributed by atoms with Crippen LogP contribution in [0.25, 0.3) is 5.82 Å². The minimum atomic E-state index is -4.67. The third-order valence-electron chi connectivity index (χ3n) is 4.63. The zero-order valence-corrected chi connectivity index (χ0v) is 15.5. The molecule has 3 heterocycles. The second-order valence-corrected chi connectivity index (χ2v) is 6.66. The van der Waals surface area contributed by atoms with Crippen molar-refractivity contribution in [1.29, 1.82) is 0 Å². The van der Waals surface area contributed by atoms with E-state index in [2.05, 4.69) is 29.8 Å². The second kappa shape index (κ2) is 8.08. The van der Waals surface area contributed by atoms with E-state index in [0.717, 1.165) is 37.6 Å². The fourth-order valence-electron chi connectivity index (χ4n) is 3.20. The molecule has 1 saturated heterocycles. The number of rotatable bonds is 5. The maximum Gasteiger partial charge on any atom is 0.573 e. The summed E-state index contributed by atoms with van der Waals surface area (Å²) in [6, 6.07) is 11.6. The van der Waals surface area contributed by atoms with Gasteiger partial charge in [0.2, 0.25) is 0 Å². The average Bonchev–Trinajstić information content (AvgIpc) is 3.24. The van der Waals surface area contributed by atoms with Crippen LogP contribution in [0.1, 0.15) is 5.56 Å². The third kappa shape index (κ3) is 5.02. The highest BCUT2D eigenvalue weighted by molar-refractivity contribution is 5.40. The van der Waals surface area contributed by atoms with Gasteiger partial charge in [0, 0.05) is 45.1 Å². The summed E-state index contributed by atoms with van der Waals surface area (Å²) >= 11 is 0. The van der Waals surface area contributed by atoms with Gasteiger partial charge in [0.05, 0.1) is 0 Å². The lowest BCUT2D eigenvalue weighted by Gasteiger charge is -2.35. The lowest BCUT2D eigenvalue weighted by Crippen LogP contribution is -2.46. The Morgan fingerprint density at radius 1 is 0.897 bits per heavy atom. The van der Waals surface area contributed by atoms with Crippen LogP contribution in [0.3, 0.4) is 0 Å². The molecule has 7 nitrogen and oxygen atoms in total. The summed E-state index contributed by atoms with van der Waals surface area (Å²) in [4.78, 5) is 4.41. The number of benzene rings is 1. The molecule has 0 atom stereocenters. The molecular weight excluding hydrogens is 385 g/mol. The lowest BCUT2D eigenvalue weighted by molar-refractivity contribution is -0.274. The van der Waals surface area contributed by atoms with E-state index in [4.69, 9.17) is 0 Å². The van der Waals surface area contributed by atoms with Crippen molar-refractivity contribution in [2.45, 2.75) is 12.9 Å². The molecule has 0 aliphatic carbocycles. The molecule has 1 aliphatic rings. The van der Waals surface area contributed by atoms with Gasteiger partial charge in [0.1, 0.15) is 5.75 Å². The molecule has 29 heavy (non-hydrogen) atoms. The number of alkyl halides is 3. The molecule has 0 radical (unpaired) electrons. The summed E-state index contributed by atoms with van der Waals surface area (Å²) in [6.07, 6.45) is -1.17. The molecule has 152 valence electrons. The number of aromatic nitrogens is 4. The Morgan fingerprint density at radius 2 is 1.59 bits per heavy atom. The van der Waals surface area contributed by atoms with Gasteiger partial charge in [-0.15, -0.1) is 23.4 Å². The number of piperazine rings is 1. The van der Waals surface area contributed by atoms with E-state index >= 15 is 0 Å². The van der Waals surface area contributed by atoms with Gasteiger partial charge in [0.15, 0.2) is 11.6 Å². The third-order valence-corrected chi connectivity index (χ3v) is 4.63. The van der Waals surface area contributed by atoms with E-state index in [1.54, 1.807) is 23.0 Å². The number of nitrogens with zero attached hydrogens (tertiary/aromatic N) is 6. The van der Waals surface area contributed by atoms with Crippen molar-refractivity contribution < 1.29 is 17.9 Å². The Bertz CT molecular complexity index is 905. The summed E-state index contributed by atoms with van der Waals surface area (Å²) in [7, 11) is 0. The van der Waals surface area contributed by atoms with E-state index in [1.807, 2.05) is 24.4 Å². The highest BCUT2D eigenvalue weighted by Gasteiger charge is 2.31. The molecule has 0 unspecified atom stereocenters. The van der Waals surface area contributed by atoms with Crippen LogP contribution >= 0.6 is 0 Å². The number of hydrogen-bond acceptors (Lipinski definition) is 6. The number of anilines is 1. The Morgan fingerprint density at radius 3 is 2.17 bits per heavy atom. The SMILES string of the molecule is FC(F)(F)Oc1ccc(CN2CCN(c3ccc(-n4cccn4)nn3)CC2)cc1.